The Morgan fingerprint density at radius 2 is 2.40 bits per heavy atom. The first kappa shape index (κ1) is 9.58. The molecule has 0 bridgehead atoms. The largest absolute Gasteiger partial charge is 0.480 e. The lowest BCUT2D eigenvalue weighted by Crippen LogP contribution is -2.31. The topological polar surface area (TPSA) is 87.2 Å². The third kappa shape index (κ3) is 4.46. The van der Waals surface area contributed by atoms with E-state index in [1.807, 2.05) is 0 Å². The van der Waals surface area contributed by atoms with Gasteiger partial charge >= 0.3 is 5.97 Å². The van der Waals surface area contributed by atoms with Gasteiger partial charge in [0.05, 0.1) is 0 Å². The lowest BCUT2D eigenvalue weighted by Gasteiger charge is -2.03. The summed E-state index contributed by atoms with van der Waals surface area (Å²) < 4.78 is 7.09. The smallest absolute Gasteiger partial charge is 0.320 e. The highest BCUT2D eigenvalue weighted by Gasteiger charge is 2.09. The molecule has 0 saturated heterocycles. The van der Waals surface area contributed by atoms with Crippen LogP contribution in [-0.2, 0) is 15.5 Å². The summed E-state index contributed by atoms with van der Waals surface area (Å²) in [5, 5.41) is 8.31. The highest BCUT2D eigenvalue weighted by atomic mass is 32.2. The number of nitrogens with one attached hydrogen (secondary N) is 1. The molecule has 0 fully saturated rings. The van der Waals surface area contributed by atoms with Gasteiger partial charge in [0.2, 0.25) is 0 Å². The molecule has 0 heterocycles. The Morgan fingerprint density at radius 1 is 1.90 bits per heavy atom. The quantitative estimate of drug-likeness (QED) is 0.537. The summed E-state index contributed by atoms with van der Waals surface area (Å²) in [6.07, 6.45) is 2.15. The average molecular weight is 164 g/mol. The maximum absolute atomic E-state index is 10.1. The van der Waals surface area contributed by atoms with Gasteiger partial charge in [0.15, 0.2) is 0 Å². The Morgan fingerprint density at radius 3 is 2.70 bits per heavy atom. The van der Waals surface area contributed by atoms with Crippen LogP contribution in [0.1, 0.15) is 6.42 Å². The van der Waals surface area contributed by atoms with Crippen molar-refractivity contribution in [1.29, 1.82) is 4.78 Å². The molecule has 60 valence electrons. The van der Waals surface area contributed by atoms with Crippen molar-refractivity contribution in [2.75, 3.05) is 12.0 Å². The molecule has 0 aliphatic heterocycles. The molecule has 0 aliphatic carbocycles. The van der Waals surface area contributed by atoms with Crippen LogP contribution in [0.4, 0.5) is 0 Å². The van der Waals surface area contributed by atoms with Crippen LogP contribution in [0.15, 0.2) is 0 Å². The van der Waals surface area contributed by atoms with Crippen LogP contribution in [0, 0.1) is 4.78 Å². The molecule has 0 aromatic carbocycles. The van der Waals surface area contributed by atoms with Gasteiger partial charge in [0.25, 0.3) is 0 Å². The van der Waals surface area contributed by atoms with Gasteiger partial charge in [-0.3, -0.25) is 9.57 Å². The Kier molecular flexibility index (Phi) is 4.22. The standard InChI is InChI=1S/C5H12N2O2S/c1-10(7)3-2-4(6)5(8)9/h4,7H,2-3,6H2,1H3,(H,8,9)/t4-,10?/m0/s1. The van der Waals surface area contributed by atoms with E-state index in [1.165, 1.54) is 0 Å². The Bertz CT molecular complexity index is 149. The minimum absolute atomic E-state index is 0.401. The number of carboxylic acid groups (broad SMARTS) is 1. The van der Waals surface area contributed by atoms with Gasteiger partial charge < -0.3 is 10.8 Å². The molecule has 4 nitrogen and oxygen atoms in total. The molecule has 5 heteroatoms. The first-order chi connectivity index (χ1) is 4.54. The normalized spacial score (nSPS) is 16.2. The number of carbonyl (C=O) groups is 1. The Labute approximate surface area is 62.3 Å². The zero-order chi connectivity index (χ0) is 8.15. The lowest BCUT2D eigenvalue weighted by atomic mass is 10.2. The minimum atomic E-state index is -0.981. The molecule has 10 heavy (non-hydrogen) atoms. The third-order valence-corrected chi connectivity index (χ3v) is 1.90. The van der Waals surface area contributed by atoms with Crippen molar-refractivity contribution in [2.24, 2.45) is 5.73 Å². The van der Waals surface area contributed by atoms with Gasteiger partial charge in [0, 0.05) is 5.75 Å². The van der Waals surface area contributed by atoms with Crippen molar-refractivity contribution >= 4 is 16.7 Å². The van der Waals surface area contributed by atoms with Crippen molar-refractivity contribution in [1.82, 2.24) is 0 Å². The minimum Gasteiger partial charge on any atom is -0.480 e. The highest BCUT2D eigenvalue weighted by Crippen LogP contribution is 1.90. The van der Waals surface area contributed by atoms with Crippen LogP contribution in [0.5, 0.6) is 0 Å². The average Bonchev–Trinajstić information content (AvgIpc) is 1.82. The third-order valence-electron chi connectivity index (χ3n) is 1.05. The SMILES string of the molecule is CS(=N)CC[C@H](N)C(=O)O. The molecular formula is C5H12N2O2S. The fraction of sp³-hybridized carbons (Fsp3) is 0.800. The summed E-state index contributed by atoms with van der Waals surface area (Å²) in [5.74, 6) is -0.404. The van der Waals surface area contributed by atoms with E-state index in [2.05, 4.69) is 0 Å². The molecule has 0 aliphatic rings. The predicted octanol–water partition coefficient (Wildman–Crippen LogP) is -0.201. The van der Waals surface area contributed by atoms with Gasteiger partial charge in [0.1, 0.15) is 6.04 Å². The van der Waals surface area contributed by atoms with Crippen LogP contribution in [0.25, 0.3) is 0 Å². The summed E-state index contributed by atoms with van der Waals surface area (Å²) in [6.45, 7) is 0. The lowest BCUT2D eigenvalue weighted by molar-refractivity contribution is -0.138. The fourth-order valence-electron chi connectivity index (χ4n) is 0.427. The van der Waals surface area contributed by atoms with Crippen molar-refractivity contribution in [3.05, 3.63) is 0 Å². The monoisotopic (exact) mass is 164 g/mol. The van der Waals surface area contributed by atoms with E-state index in [9.17, 15) is 4.79 Å². The van der Waals surface area contributed by atoms with Crippen LogP contribution in [0.2, 0.25) is 0 Å². The molecule has 0 saturated carbocycles. The van der Waals surface area contributed by atoms with E-state index in [0.717, 1.165) is 0 Å². The predicted molar refractivity (Wildman–Crippen MR) is 41.1 cm³/mol. The summed E-state index contributed by atoms with van der Waals surface area (Å²) >= 11 is 0. The molecule has 0 amide bonds. The molecule has 0 aromatic heterocycles. The van der Waals surface area contributed by atoms with Gasteiger partial charge in [-0.2, -0.15) is 0 Å². The molecule has 0 radical (unpaired) electrons. The molecule has 4 N–H and O–H groups in total. The number of aliphatic carboxylic acids is 1. The van der Waals surface area contributed by atoms with Crippen molar-refractivity contribution < 1.29 is 9.90 Å². The van der Waals surface area contributed by atoms with Crippen LogP contribution >= 0.6 is 0 Å². The number of hydrogen-bond acceptors (Lipinski definition) is 3. The number of nitrogens with two attached hydrogens (primary N) is 1. The van der Waals surface area contributed by atoms with E-state index in [4.69, 9.17) is 15.6 Å². The second-order valence-corrected chi connectivity index (χ2v) is 3.76. The van der Waals surface area contributed by atoms with Gasteiger partial charge in [-0.25, -0.2) is 0 Å². The summed E-state index contributed by atoms with van der Waals surface area (Å²) in [4.78, 5) is 10.1. The van der Waals surface area contributed by atoms with Crippen molar-refractivity contribution in [2.45, 2.75) is 12.5 Å². The summed E-state index contributed by atoms with van der Waals surface area (Å²) in [6, 6.07) is -0.791. The van der Waals surface area contributed by atoms with E-state index >= 15 is 0 Å². The van der Waals surface area contributed by atoms with Crippen LogP contribution in [-0.4, -0.2) is 29.1 Å². The van der Waals surface area contributed by atoms with E-state index in [-0.39, 0.29) is 0 Å². The first-order valence-electron chi connectivity index (χ1n) is 2.86. The highest BCUT2D eigenvalue weighted by molar-refractivity contribution is 7.85. The number of hydrogen-bond donors (Lipinski definition) is 3. The number of rotatable bonds is 4. The maximum atomic E-state index is 10.1. The Balaban J connectivity index is 3.49. The van der Waals surface area contributed by atoms with Gasteiger partial charge in [-0.1, -0.05) is 0 Å². The molecule has 0 rings (SSSR count). The summed E-state index contributed by atoms with van der Waals surface area (Å²) in [5.41, 5.74) is 5.19. The van der Waals surface area contributed by atoms with Crippen molar-refractivity contribution in [3.8, 4) is 0 Å². The molecule has 0 spiro atoms. The molecule has 2 atom stereocenters. The van der Waals surface area contributed by atoms with Gasteiger partial charge in [-0.15, -0.1) is 10.7 Å². The van der Waals surface area contributed by atoms with Gasteiger partial charge in [-0.05, 0) is 12.7 Å². The first-order valence-corrected chi connectivity index (χ1v) is 4.66. The zero-order valence-corrected chi connectivity index (χ0v) is 6.65. The van der Waals surface area contributed by atoms with Crippen LogP contribution in [0.3, 0.4) is 0 Å². The Hall–Kier alpha value is -0.420. The van der Waals surface area contributed by atoms with Crippen molar-refractivity contribution in [3.63, 3.8) is 0 Å². The maximum Gasteiger partial charge on any atom is 0.320 e. The van der Waals surface area contributed by atoms with E-state index in [0.29, 0.717) is 12.2 Å². The second kappa shape index (κ2) is 4.40. The molecular weight excluding hydrogens is 152 g/mol. The van der Waals surface area contributed by atoms with E-state index < -0.39 is 22.7 Å². The molecule has 0 aromatic rings. The fourth-order valence-corrected chi connectivity index (χ4v) is 1.03. The number of carboxylic acids is 1. The van der Waals surface area contributed by atoms with Crippen LogP contribution < -0.4 is 5.73 Å². The van der Waals surface area contributed by atoms with E-state index in [1.54, 1.807) is 6.26 Å². The zero-order valence-electron chi connectivity index (χ0n) is 5.83. The second-order valence-electron chi connectivity index (χ2n) is 2.07. The summed E-state index contributed by atoms with van der Waals surface area (Å²) in [7, 11) is -0.446. The molecule has 1 unspecified atom stereocenters.